The lowest BCUT2D eigenvalue weighted by molar-refractivity contribution is 0.305. The predicted octanol–water partition coefficient (Wildman–Crippen LogP) is 2.41. The number of aliphatic imine (C=N–C) groups is 2. The van der Waals surface area contributed by atoms with Gasteiger partial charge in [-0.25, -0.2) is 4.99 Å². The molecule has 1 aromatic carbocycles. The minimum absolute atomic E-state index is 0.259. The highest BCUT2D eigenvalue weighted by atomic mass is 35.5. The van der Waals surface area contributed by atoms with Crippen LogP contribution >= 0.6 is 11.6 Å². The number of guanidine groups is 2. The molecule has 6 nitrogen and oxygen atoms in total. The molecule has 1 spiro atoms. The molecule has 0 bridgehead atoms. The summed E-state index contributed by atoms with van der Waals surface area (Å²) in [6.07, 6.45) is 5.24. The molecule has 0 saturated heterocycles. The van der Waals surface area contributed by atoms with Crippen molar-refractivity contribution in [1.29, 1.82) is 0 Å². The van der Waals surface area contributed by atoms with Gasteiger partial charge in [-0.1, -0.05) is 12.5 Å². The fraction of sp³-hybridized carbons (Fsp3) is 0.500. The summed E-state index contributed by atoms with van der Waals surface area (Å²) < 4.78 is 5.62. The molecule has 1 aliphatic carbocycles. The molecule has 3 rings (SSSR count). The minimum Gasteiger partial charge on any atom is -0.492 e. The zero-order chi connectivity index (χ0) is 16.3. The van der Waals surface area contributed by atoms with Crippen LogP contribution < -0.4 is 21.1 Å². The summed E-state index contributed by atoms with van der Waals surface area (Å²) in [6, 6.07) is 7.77. The summed E-state index contributed by atoms with van der Waals surface area (Å²) in [5, 5.41) is 0. The molecule has 1 fully saturated rings. The Hall–Kier alpha value is -1.95. The molecule has 1 heterocycles. The van der Waals surface area contributed by atoms with Crippen molar-refractivity contribution in [3.05, 3.63) is 24.3 Å². The Kier molecular flexibility index (Phi) is 4.61. The second-order valence-corrected chi connectivity index (χ2v) is 6.23. The maximum atomic E-state index is 6.21. The molecule has 2 aliphatic rings. The van der Waals surface area contributed by atoms with E-state index < -0.39 is 5.66 Å². The van der Waals surface area contributed by atoms with Crippen LogP contribution in [0.2, 0.25) is 0 Å². The number of nitrogens with zero attached hydrogens (tertiary/aromatic N) is 3. The standard InChI is InChI=1S/C16H22ClN5O/c17-9-10-23-13-6-4-5-12(11-13)22-15(19)20-14(18)21-16(22)7-2-1-3-8-16/h4-6,11H,1-3,7-10H2,(H4,18,19,20,21). The van der Waals surface area contributed by atoms with Gasteiger partial charge in [0.1, 0.15) is 18.0 Å². The second-order valence-electron chi connectivity index (χ2n) is 5.85. The van der Waals surface area contributed by atoms with Crippen molar-refractivity contribution < 1.29 is 4.74 Å². The summed E-state index contributed by atoms with van der Waals surface area (Å²) in [5.74, 6) is 1.84. The number of nitrogens with two attached hydrogens (primary N) is 2. The van der Waals surface area contributed by atoms with Gasteiger partial charge in [0, 0.05) is 11.8 Å². The number of anilines is 1. The first-order chi connectivity index (χ1) is 11.1. The first-order valence-electron chi connectivity index (χ1n) is 7.93. The highest BCUT2D eigenvalue weighted by Crippen LogP contribution is 2.40. The first-order valence-corrected chi connectivity index (χ1v) is 8.47. The molecular formula is C16H22ClN5O. The van der Waals surface area contributed by atoms with Crippen LogP contribution in [-0.2, 0) is 0 Å². The molecule has 7 heteroatoms. The first kappa shape index (κ1) is 15.9. The smallest absolute Gasteiger partial charge is 0.220 e. The molecule has 0 atom stereocenters. The number of halogens is 1. The Bertz CT molecular complexity index is 625. The van der Waals surface area contributed by atoms with Gasteiger partial charge in [-0.05, 0) is 37.8 Å². The van der Waals surface area contributed by atoms with Gasteiger partial charge in [0.25, 0.3) is 0 Å². The van der Waals surface area contributed by atoms with Crippen LogP contribution in [-0.4, -0.2) is 30.1 Å². The topological polar surface area (TPSA) is 89.2 Å². The third-order valence-corrected chi connectivity index (χ3v) is 4.43. The van der Waals surface area contributed by atoms with Gasteiger partial charge < -0.3 is 16.2 Å². The molecule has 1 aromatic rings. The van der Waals surface area contributed by atoms with Crippen molar-refractivity contribution in [2.75, 3.05) is 17.4 Å². The second kappa shape index (κ2) is 6.66. The van der Waals surface area contributed by atoms with E-state index in [9.17, 15) is 0 Å². The van der Waals surface area contributed by atoms with Crippen LogP contribution in [0.4, 0.5) is 5.69 Å². The van der Waals surface area contributed by atoms with Crippen LogP contribution in [0.15, 0.2) is 34.3 Å². The van der Waals surface area contributed by atoms with Crippen molar-refractivity contribution in [2.45, 2.75) is 37.8 Å². The molecule has 23 heavy (non-hydrogen) atoms. The van der Waals surface area contributed by atoms with E-state index >= 15 is 0 Å². The van der Waals surface area contributed by atoms with Gasteiger partial charge >= 0.3 is 0 Å². The Labute approximate surface area is 141 Å². The van der Waals surface area contributed by atoms with E-state index in [0.29, 0.717) is 18.4 Å². The maximum absolute atomic E-state index is 6.21. The molecule has 1 saturated carbocycles. The third kappa shape index (κ3) is 3.22. The van der Waals surface area contributed by atoms with Gasteiger partial charge in [0.05, 0.1) is 5.88 Å². The van der Waals surface area contributed by atoms with E-state index in [1.54, 1.807) is 0 Å². The minimum atomic E-state index is -0.431. The highest BCUT2D eigenvalue weighted by molar-refractivity contribution is 6.18. The molecule has 0 radical (unpaired) electrons. The Morgan fingerprint density at radius 2 is 2.00 bits per heavy atom. The largest absolute Gasteiger partial charge is 0.492 e. The summed E-state index contributed by atoms with van der Waals surface area (Å²) in [5.41, 5.74) is 12.6. The monoisotopic (exact) mass is 335 g/mol. The van der Waals surface area contributed by atoms with E-state index in [4.69, 9.17) is 27.8 Å². The highest BCUT2D eigenvalue weighted by Gasteiger charge is 2.42. The molecule has 124 valence electrons. The van der Waals surface area contributed by atoms with Crippen molar-refractivity contribution in [1.82, 2.24) is 0 Å². The molecule has 1 aliphatic heterocycles. The lowest BCUT2D eigenvalue weighted by atomic mass is 9.87. The van der Waals surface area contributed by atoms with Gasteiger partial charge in [-0.3, -0.25) is 4.90 Å². The van der Waals surface area contributed by atoms with E-state index in [0.717, 1.165) is 37.1 Å². The van der Waals surface area contributed by atoms with Crippen LogP contribution in [0.1, 0.15) is 32.1 Å². The van der Waals surface area contributed by atoms with E-state index in [1.807, 2.05) is 29.2 Å². The Morgan fingerprint density at radius 3 is 2.74 bits per heavy atom. The molecule has 4 N–H and O–H groups in total. The summed E-state index contributed by atoms with van der Waals surface area (Å²) in [6.45, 7) is 0.463. The lowest BCUT2D eigenvalue weighted by Crippen LogP contribution is -2.58. The number of hydrogen-bond acceptors (Lipinski definition) is 6. The molecule has 0 amide bonds. The zero-order valence-corrected chi connectivity index (χ0v) is 13.8. The Balaban J connectivity index is 1.97. The van der Waals surface area contributed by atoms with Crippen molar-refractivity contribution in [3.63, 3.8) is 0 Å². The number of ether oxygens (including phenoxy) is 1. The van der Waals surface area contributed by atoms with Gasteiger partial charge in [0.2, 0.25) is 11.9 Å². The molecular weight excluding hydrogens is 314 g/mol. The lowest BCUT2D eigenvalue weighted by Gasteiger charge is -2.45. The summed E-state index contributed by atoms with van der Waals surface area (Å²) >= 11 is 5.69. The fourth-order valence-electron chi connectivity index (χ4n) is 3.36. The van der Waals surface area contributed by atoms with Crippen molar-refractivity contribution >= 4 is 29.2 Å². The third-order valence-electron chi connectivity index (χ3n) is 4.27. The van der Waals surface area contributed by atoms with Crippen LogP contribution in [0, 0.1) is 0 Å². The van der Waals surface area contributed by atoms with E-state index in [-0.39, 0.29) is 5.96 Å². The van der Waals surface area contributed by atoms with Crippen LogP contribution in [0.25, 0.3) is 0 Å². The SMILES string of the molecule is NC1=NC2(CCCCC2)N(c2cccc(OCCCl)c2)C(N)=N1. The summed E-state index contributed by atoms with van der Waals surface area (Å²) in [7, 11) is 0. The average Bonchev–Trinajstić information content (AvgIpc) is 2.53. The normalized spacial score (nSPS) is 20.1. The van der Waals surface area contributed by atoms with Crippen LogP contribution in [0.3, 0.4) is 0 Å². The summed E-state index contributed by atoms with van der Waals surface area (Å²) in [4.78, 5) is 10.8. The van der Waals surface area contributed by atoms with Crippen molar-refractivity contribution in [2.24, 2.45) is 21.5 Å². The number of rotatable bonds is 4. The van der Waals surface area contributed by atoms with Gasteiger partial charge in [-0.2, -0.15) is 4.99 Å². The molecule has 0 aromatic heterocycles. The quantitative estimate of drug-likeness (QED) is 0.827. The zero-order valence-electron chi connectivity index (χ0n) is 13.0. The maximum Gasteiger partial charge on any atom is 0.220 e. The number of alkyl halides is 1. The number of hydrogen-bond donors (Lipinski definition) is 2. The van der Waals surface area contributed by atoms with Crippen LogP contribution in [0.5, 0.6) is 5.75 Å². The molecule has 0 unspecified atom stereocenters. The number of benzene rings is 1. The fourth-order valence-corrected chi connectivity index (χ4v) is 3.44. The Morgan fingerprint density at radius 1 is 1.22 bits per heavy atom. The van der Waals surface area contributed by atoms with Gasteiger partial charge in [-0.15, -0.1) is 11.6 Å². The van der Waals surface area contributed by atoms with Crippen molar-refractivity contribution in [3.8, 4) is 5.75 Å². The average molecular weight is 336 g/mol. The van der Waals surface area contributed by atoms with Gasteiger partial charge in [0.15, 0.2) is 0 Å². The van der Waals surface area contributed by atoms with E-state index in [1.165, 1.54) is 6.42 Å². The predicted molar refractivity (Wildman–Crippen MR) is 94.2 cm³/mol. The van der Waals surface area contributed by atoms with E-state index in [2.05, 4.69) is 9.98 Å².